The smallest absolute Gasteiger partial charge is 0.306 e. The molecule has 1 saturated carbocycles. The second-order valence-corrected chi connectivity index (χ2v) is 6.06. The van der Waals surface area contributed by atoms with E-state index in [9.17, 15) is 9.59 Å². The molecule has 0 radical (unpaired) electrons. The van der Waals surface area contributed by atoms with Gasteiger partial charge in [-0.1, -0.05) is 29.8 Å². The summed E-state index contributed by atoms with van der Waals surface area (Å²) in [6.45, 7) is 1.91. The van der Waals surface area contributed by atoms with Crippen molar-refractivity contribution in [1.29, 1.82) is 0 Å². The van der Waals surface area contributed by atoms with Crippen LogP contribution in [0.15, 0.2) is 18.2 Å². The van der Waals surface area contributed by atoms with Crippen molar-refractivity contribution in [2.45, 2.75) is 45.1 Å². The van der Waals surface area contributed by atoms with Gasteiger partial charge in [-0.3, -0.25) is 9.59 Å². The number of nitrogens with one attached hydrogen (secondary N) is 1. The summed E-state index contributed by atoms with van der Waals surface area (Å²) in [6.07, 6.45) is 2.98. The predicted molar refractivity (Wildman–Crippen MR) is 81.4 cm³/mol. The van der Waals surface area contributed by atoms with Crippen molar-refractivity contribution in [2.24, 2.45) is 5.92 Å². The highest BCUT2D eigenvalue weighted by Gasteiger charge is 2.26. The van der Waals surface area contributed by atoms with E-state index in [4.69, 9.17) is 16.7 Å². The van der Waals surface area contributed by atoms with Gasteiger partial charge < -0.3 is 10.4 Å². The van der Waals surface area contributed by atoms with Crippen LogP contribution in [0.1, 0.15) is 36.8 Å². The maximum absolute atomic E-state index is 12.1. The lowest BCUT2D eigenvalue weighted by atomic mass is 9.86. The van der Waals surface area contributed by atoms with Crippen LogP contribution in [0.2, 0.25) is 5.02 Å². The van der Waals surface area contributed by atoms with E-state index in [1.807, 2.05) is 25.1 Å². The quantitative estimate of drug-likeness (QED) is 0.898. The van der Waals surface area contributed by atoms with Crippen LogP contribution in [0.3, 0.4) is 0 Å². The van der Waals surface area contributed by atoms with E-state index < -0.39 is 5.97 Å². The van der Waals surface area contributed by atoms with Crippen LogP contribution in [-0.2, 0) is 16.0 Å². The summed E-state index contributed by atoms with van der Waals surface area (Å²) in [7, 11) is 0. The molecule has 0 saturated heterocycles. The Bertz CT molecular complexity index is 536. The van der Waals surface area contributed by atoms with Crippen LogP contribution in [-0.4, -0.2) is 23.0 Å². The maximum Gasteiger partial charge on any atom is 0.306 e. The standard InChI is InChI=1S/C16H20ClNO3/c1-10-3-2-4-12(15(10)17)9-14(19)18-13-7-5-11(6-8-13)16(20)21/h2-4,11,13H,5-9H2,1H3,(H,18,19)(H,20,21). The van der Waals surface area contributed by atoms with Crippen molar-refractivity contribution in [2.75, 3.05) is 0 Å². The molecule has 0 unspecified atom stereocenters. The average molecular weight is 310 g/mol. The zero-order chi connectivity index (χ0) is 15.4. The Morgan fingerprint density at radius 1 is 1.29 bits per heavy atom. The van der Waals surface area contributed by atoms with Gasteiger partial charge in [0.25, 0.3) is 0 Å². The monoisotopic (exact) mass is 309 g/mol. The Hall–Kier alpha value is -1.55. The highest BCUT2D eigenvalue weighted by atomic mass is 35.5. The van der Waals surface area contributed by atoms with Gasteiger partial charge in [-0.05, 0) is 43.7 Å². The summed E-state index contributed by atoms with van der Waals surface area (Å²) < 4.78 is 0. The van der Waals surface area contributed by atoms with E-state index in [-0.39, 0.29) is 24.3 Å². The molecule has 21 heavy (non-hydrogen) atoms. The number of carbonyl (C=O) groups is 2. The maximum atomic E-state index is 12.1. The number of hydrogen-bond acceptors (Lipinski definition) is 2. The van der Waals surface area contributed by atoms with Crippen LogP contribution in [0, 0.1) is 12.8 Å². The van der Waals surface area contributed by atoms with Crippen molar-refractivity contribution in [3.63, 3.8) is 0 Å². The molecular weight excluding hydrogens is 290 g/mol. The molecule has 2 N–H and O–H groups in total. The minimum absolute atomic E-state index is 0.0544. The van der Waals surface area contributed by atoms with Gasteiger partial charge in [0.15, 0.2) is 0 Å². The largest absolute Gasteiger partial charge is 0.481 e. The molecule has 114 valence electrons. The van der Waals surface area contributed by atoms with E-state index in [2.05, 4.69) is 5.32 Å². The summed E-state index contributed by atoms with van der Waals surface area (Å²) in [6, 6.07) is 5.74. The third-order valence-electron chi connectivity index (χ3n) is 4.06. The average Bonchev–Trinajstić information content (AvgIpc) is 2.44. The zero-order valence-electron chi connectivity index (χ0n) is 12.1. The molecule has 0 bridgehead atoms. The number of benzene rings is 1. The van der Waals surface area contributed by atoms with Crippen molar-refractivity contribution < 1.29 is 14.7 Å². The highest BCUT2D eigenvalue weighted by Crippen LogP contribution is 2.25. The lowest BCUT2D eigenvalue weighted by Crippen LogP contribution is -2.39. The lowest BCUT2D eigenvalue weighted by molar-refractivity contribution is -0.142. The van der Waals surface area contributed by atoms with Gasteiger partial charge >= 0.3 is 5.97 Å². The molecule has 1 fully saturated rings. The number of carbonyl (C=O) groups excluding carboxylic acids is 1. The van der Waals surface area contributed by atoms with Crippen LogP contribution >= 0.6 is 11.6 Å². The van der Waals surface area contributed by atoms with Crippen LogP contribution < -0.4 is 5.32 Å². The SMILES string of the molecule is Cc1cccc(CC(=O)NC2CCC(C(=O)O)CC2)c1Cl. The van der Waals surface area contributed by atoms with E-state index >= 15 is 0 Å². The first-order valence-corrected chi connectivity index (χ1v) is 7.61. The van der Waals surface area contributed by atoms with Crippen molar-refractivity contribution >= 4 is 23.5 Å². The fraction of sp³-hybridized carbons (Fsp3) is 0.500. The van der Waals surface area contributed by atoms with Gasteiger partial charge in [0.05, 0.1) is 12.3 Å². The lowest BCUT2D eigenvalue weighted by Gasteiger charge is -2.26. The molecule has 2 rings (SSSR count). The molecule has 0 spiro atoms. The van der Waals surface area contributed by atoms with Crippen LogP contribution in [0.4, 0.5) is 0 Å². The molecule has 5 heteroatoms. The number of carboxylic acid groups (broad SMARTS) is 1. The molecule has 4 nitrogen and oxygen atoms in total. The van der Waals surface area contributed by atoms with E-state index in [1.165, 1.54) is 0 Å². The number of aliphatic carboxylic acids is 1. The van der Waals surface area contributed by atoms with Gasteiger partial charge in [-0.15, -0.1) is 0 Å². The van der Waals surface area contributed by atoms with E-state index in [0.717, 1.165) is 24.0 Å². The van der Waals surface area contributed by atoms with E-state index in [0.29, 0.717) is 17.9 Å². The molecule has 1 aliphatic rings. The molecule has 0 aromatic heterocycles. The van der Waals surface area contributed by atoms with Crippen molar-refractivity contribution in [1.82, 2.24) is 5.32 Å². The highest BCUT2D eigenvalue weighted by molar-refractivity contribution is 6.32. The fourth-order valence-corrected chi connectivity index (χ4v) is 2.97. The second kappa shape index (κ2) is 6.94. The van der Waals surface area contributed by atoms with Crippen LogP contribution in [0.25, 0.3) is 0 Å². The Labute approximate surface area is 129 Å². The predicted octanol–water partition coefficient (Wildman–Crippen LogP) is 2.95. The normalized spacial score (nSPS) is 21.8. The molecule has 0 aliphatic heterocycles. The Morgan fingerprint density at radius 3 is 2.57 bits per heavy atom. The second-order valence-electron chi connectivity index (χ2n) is 5.68. The zero-order valence-corrected chi connectivity index (χ0v) is 12.8. The first-order chi connectivity index (χ1) is 9.97. The molecular formula is C16H20ClNO3. The molecule has 1 aromatic carbocycles. The molecule has 1 amide bonds. The minimum Gasteiger partial charge on any atom is -0.481 e. The van der Waals surface area contributed by atoms with Crippen LogP contribution in [0.5, 0.6) is 0 Å². The van der Waals surface area contributed by atoms with Gasteiger partial charge in [-0.2, -0.15) is 0 Å². The third-order valence-corrected chi connectivity index (χ3v) is 4.61. The Morgan fingerprint density at radius 2 is 1.95 bits per heavy atom. The summed E-state index contributed by atoms with van der Waals surface area (Å²) in [4.78, 5) is 23.0. The number of halogens is 1. The van der Waals surface area contributed by atoms with Gasteiger partial charge in [-0.25, -0.2) is 0 Å². The third kappa shape index (κ3) is 4.21. The van der Waals surface area contributed by atoms with Crippen molar-refractivity contribution in [3.8, 4) is 0 Å². The Kier molecular flexibility index (Phi) is 5.23. The summed E-state index contributed by atoms with van der Waals surface area (Å²) in [5.74, 6) is -1.04. The first kappa shape index (κ1) is 15.8. The fourth-order valence-electron chi connectivity index (χ4n) is 2.78. The number of carboxylic acids is 1. The number of aryl methyl sites for hydroxylation is 1. The Balaban J connectivity index is 1.86. The molecule has 1 aromatic rings. The van der Waals surface area contributed by atoms with Gasteiger partial charge in [0.1, 0.15) is 0 Å². The number of rotatable bonds is 4. The van der Waals surface area contributed by atoms with Gasteiger partial charge in [0, 0.05) is 11.1 Å². The molecule has 0 atom stereocenters. The summed E-state index contributed by atoms with van der Waals surface area (Å²) in [5, 5.41) is 12.6. The number of hydrogen-bond donors (Lipinski definition) is 2. The number of amides is 1. The molecule has 0 heterocycles. The van der Waals surface area contributed by atoms with Gasteiger partial charge in [0.2, 0.25) is 5.91 Å². The summed E-state index contributed by atoms with van der Waals surface area (Å²) in [5.41, 5.74) is 1.79. The topological polar surface area (TPSA) is 66.4 Å². The van der Waals surface area contributed by atoms with E-state index in [1.54, 1.807) is 0 Å². The minimum atomic E-state index is -0.730. The van der Waals surface area contributed by atoms with Crippen molar-refractivity contribution in [3.05, 3.63) is 34.3 Å². The molecule has 1 aliphatic carbocycles. The first-order valence-electron chi connectivity index (χ1n) is 7.23. The summed E-state index contributed by atoms with van der Waals surface area (Å²) >= 11 is 6.19.